The normalized spacial score (nSPS) is 11.7. The number of para-hydroxylation sites is 1. The van der Waals surface area contributed by atoms with Crippen molar-refractivity contribution in [1.29, 1.82) is 0 Å². The first-order chi connectivity index (χ1) is 9.08. The maximum Gasteiger partial charge on any atom is 0.308 e. The number of nitrogens with one attached hydrogen (secondary N) is 1. The van der Waals surface area contributed by atoms with Crippen molar-refractivity contribution in [2.45, 2.75) is 19.8 Å². The second kappa shape index (κ2) is 7.41. The molecule has 1 unspecified atom stereocenters. The van der Waals surface area contributed by atoms with Gasteiger partial charge in [0.15, 0.2) is 0 Å². The average Bonchev–Trinajstić information content (AvgIpc) is 2.42. The number of benzene rings is 1. The van der Waals surface area contributed by atoms with Crippen molar-refractivity contribution in [2.24, 2.45) is 5.92 Å². The van der Waals surface area contributed by atoms with Crippen LogP contribution in [0.3, 0.4) is 0 Å². The summed E-state index contributed by atoms with van der Waals surface area (Å²) < 4.78 is 5.19. The van der Waals surface area contributed by atoms with Crippen LogP contribution in [0.25, 0.3) is 0 Å². The molecule has 104 valence electrons. The fourth-order valence-electron chi connectivity index (χ4n) is 1.75. The van der Waals surface area contributed by atoms with Crippen molar-refractivity contribution in [3.63, 3.8) is 0 Å². The van der Waals surface area contributed by atoms with E-state index in [1.807, 2.05) is 18.2 Å². The molecule has 1 aromatic rings. The second-order valence-corrected chi connectivity index (χ2v) is 4.21. The highest BCUT2D eigenvalue weighted by atomic mass is 16.5. The number of ether oxygens (including phenoxy) is 1. The second-order valence-electron chi connectivity index (χ2n) is 4.21. The molecule has 2 N–H and O–H groups in total. The monoisotopic (exact) mass is 265 g/mol. The van der Waals surface area contributed by atoms with Gasteiger partial charge in [-0.1, -0.05) is 25.1 Å². The summed E-state index contributed by atoms with van der Waals surface area (Å²) in [6.45, 7) is 1.85. The van der Waals surface area contributed by atoms with E-state index in [4.69, 9.17) is 4.74 Å². The smallest absolute Gasteiger partial charge is 0.308 e. The molecule has 0 saturated carbocycles. The van der Waals surface area contributed by atoms with Crippen molar-refractivity contribution < 1.29 is 19.4 Å². The molecule has 0 saturated heterocycles. The lowest BCUT2D eigenvalue weighted by Gasteiger charge is -2.15. The highest BCUT2D eigenvalue weighted by molar-refractivity contribution is 5.77. The number of hydrogen-bond donors (Lipinski definition) is 2. The van der Waals surface area contributed by atoms with Gasteiger partial charge in [0, 0.05) is 13.0 Å². The van der Waals surface area contributed by atoms with Crippen LogP contribution in [0, 0.1) is 5.92 Å². The molecule has 19 heavy (non-hydrogen) atoms. The lowest BCUT2D eigenvalue weighted by atomic mass is 9.98. The number of amides is 1. The summed E-state index contributed by atoms with van der Waals surface area (Å²) in [5.41, 5.74) is 0.822. The van der Waals surface area contributed by atoms with E-state index < -0.39 is 11.9 Å². The third kappa shape index (κ3) is 4.62. The van der Waals surface area contributed by atoms with E-state index in [2.05, 4.69) is 5.32 Å². The molecule has 1 rings (SSSR count). The molecule has 0 spiro atoms. The van der Waals surface area contributed by atoms with Crippen LogP contribution in [0.15, 0.2) is 24.3 Å². The minimum absolute atomic E-state index is 0.125. The first-order valence-electron chi connectivity index (χ1n) is 6.19. The maximum absolute atomic E-state index is 11.2. The Morgan fingerprint density at radius 2 is 2.05 bits per heavy atom. The summed E-state index contributed by atoms with van der Waals surface area (Å²) in [6, 6.07) is 7.29. The molecular formula is C14H19NO4. The molecule has 0 aliphatic heterocycles. The zero-order valence-corrected chi connectivity index (χ0v) is 11.2. The van der Waals surface area contributed by atoms with Gasteiger partial charge in [-0.2, -0.15) is 0 Å². The molecular weight excluding hydrogens is 246 g/mol. The molecule has 0 aliphatic carbocycles. The van der Waals surface area contributed by atoms with Crippen LogP contribution in [0.2, 0.25) is 0 Å². The third-order valence-electron chi connectivity index (χ3n) is 2.87. The van der Waals surface area contributed by atoms with Gasteiger partial charge in [-0.15, -0.1) is 0 Å². The van der Waals surface area contributed by atoms with Crippen LogP contribution in [0.5, 0.6) is 5.75 Å². The van der Waals surface area contributed by atoms with Gasteiger partial charge in [-0.05, 0) is 18.1 Å². The van der Waals surface area contributed by atoms with Gasteiger partial charge >= 0.3 is 5.97 Å². The molecule has 0 radical (unpaired) electrons. The summed E-state index contributed by atoms with van der Waals surface area (Å²) in [4.78, 5) is 22.4. The Morgan fingerprint density at radius 1 is 1.37 bits per heavy atom. The van der Waals surface area contributed by atoms with Crippen molar-refractivity contribution in [3.8, 4) is 5.75 Å². The first-order valence-corrected chi connectivity index (χ1v) is 6.19. The van der Waals surface area contributed by atoms with E-state index in [1.165, 1.54) is 0 Å². The van der Waals surface area contributed by atoms with Crippen LogP contribution >= 0.6 is 0 Å². The lowest BCUT2D eigenvalue weighted by molar-refractivity contribution is -0.141. The van der Waals surface area contributed by atoms with Crippen molar-refractivity contribution in [3.05, 3.63) is 29.8 Å². The average molecular weight is 265 g/mol. The summed E-state index contributed by atoms with van der Waals surface area (Å²) in [5, 5.41) is 11.8. The highest BCUT2D eigenvalue weighted by Gasteiger charge is 2.20. The fraction of sp³-hybridized carbons (Fsp3) is 0.429. The van der Waals surface area contributed by atoms with Crippen molar-refractivity contribution >= 4 is 11.9 Å². The molecule has 1 amide bonds. The number of carboxylic acid groups (broad SMARTS) is 1. The quantitative estimate of drug-likeness (QED) is 0.782. The van der Waals surface area contributed by atoms with Gasteiger partial charge in [0.05, 0.1) is 13.0 Å². The van der Waals surface area contributed by atoms with Gasteiger partial charge in [0.2, 0.25) is 5.91 Å². The van der Waals surface area contributed by atoms with Crippen molar-refractivity contribution in [1.82, 2.24) is 5.32 Å². The summed E-state index contributed by atoms with van der Waals surface area (Å²) in [6.07, 6.45) is 0.671. The van der Waals surface area contributed by atoms with Crippen LogP contribution < -0.4 is 10.1 Å². The lowest BCUT2D eigenvalue weighted by Crippen LogP contribution is -2.33. The zero-order valence-electron chi connectivity index (χ0n) is 11.2. The maximum atomic E-state index is 11.2. The van der Waals surface area contributed by atoms with Crippen LogP contribution in [-0.2, 0) is 16.0 Å². The Bertz CT molecular complexity index is 445. The number of rotatable bonds is 7. The van der Waals surface area contributed by atoms with E-state index in [-0.39, 0.29) is 12.5 Å². The molecule has 0 heterocycles. The number of carbonyl (C=O) groups is 2. The third-order valence-corrected chi connectivity index (χ3v) is 2.87. The van der Waals surface area contributed by atoms with Crippen LogP contribution in [0.4, 0.5) is 0 Å². The summed E-state index contributed by atoms with van der Waals surface area (Å²) >= 11 is 0. The van der Waals surface area contributed by atoms with E-state index in [0.29, 0.717) is 18.6 Å². The Balaban J connectivity index is 2.73. The fourth-order valence-corrected chi connectivity index (χ4v) is 1.75. The standard InChI is InChI=1S/C14H19NO4/c1-3-13(16)15-9-11(14(17)18)8-10-6-4-5-7-12(10)19-2/h4-7,11H,3,8-9H2,1-2H3,(H,15,16)(H,17,18). The van der Waals surface area contributed by atoms with E-state index in [0.717, 1.165) is 5.56 Å². The van der Waals surface area contributed by atoms with E-state index in [1.54, 1.807) is 20.1 Å². The minimum Gasteiger partial charge on any atom is -0.496 e. The molecule has 0 fully saturated rings. The molecule has 0 aliphatic rings. The number of aliphatic carboxylic acids is 1. The predicted octanol–water partition coefficient (Wildman–Crippen LogP) is 1.46. The summed E-state index contributed by atoms with van der Waals surface area (Å²) in [7, 11) is 1.55. The van der Waals surface area contributed by atoms with Gasteiger partial charge < -0.3 is 15.2 Å². The zero-order chi connectivity index (χ0) is 14.3. The molecule has 0 aromatic heterocycles. The molecule has 0 bridgehead atoms. The largest absolute Gasteiger partial charge is 0.496 e. The van der Waals surface area contributed by atoms with Gasteiger partial charge in [0.1, 0.15) is 5.75 Å². The van der Waals surface area contributed by atoms with E-state index >= 15 is 0 Å². The first kappa shape index (κ1) is 15.0. The van der Waals surface area contributed by atoms with Crippen LogP contribution in [-0.4, -0.2) is 30.6 Å². The predicted molar refractivity (Wildman–Crippen MR) is 71.1 cm³/mol. The molecule has 1 aromatic carbocycles. The molecule has 5 heteroatoms. The SMILES string of the molecule is CCC(=O)NCC(Cc1ccccc1OC)C(=O)O. The van der Waals surface area contributed by atoms with E-state index in [9.17, 15) is 14.7 Å². The van der Waals surface area contributed by atoms with Gasteiger partial charge in [-0.3, -0.25) is 9.59 Å². The van der Waals surface area contributed by atoms with Crippen LogP contribution in [0.1, 0.15) is 18.9 Å². The summed E-state index contributed by atoms with van der Waals surface area (Å²) in [5.74, 6) is -1.07. The Hall–Kier alpha value is -2.04. The van der Waals surface area contributed by atoms with Gasteiger partial charge in [-0.25, -0.2) is 0 Å². The van der Waals surface area contributed by atoms with Crippen molar-refractivity contribution in [2.75, 3.05) is 13.7 Å². The Labute approximate surface area is 112 Å². The molecule has 5 nitrogen and oxygen atoms in total. The Morgan fingerprint density at radius 3 is 2.63 bits per heavy atom. The topological polar surface area (TPSA) is 75.6 Å². The highest BCUT2D eigenvalue weighted by Crippen LogP contribution is 2.20. The number of methoxy groups -OCH3 is 1. The number of carbonyl (C=O) groups excluding carboxylic acids is 1. The number of carboxylic acids is 1. The Kier molecular flexibility index (Phi) is 5.85. The molecule has 1 atom stereocenters. The van der Waals surface area contributed by atoms with Gasteiger partial charge in [0.25, 0.3) is 0 Å². The minimum atomic E-state index is -0.928. The number of hydrogen-bond acceptors (Lipinski definition) is 3.